The fraction of sp³-hybridized carbons (Fsp3) is 0.529. The maximum absolute atomic E-state index is 13.0. The maximum atomic E-state index is 13.0. The number of para-hydroxylation sites is 1. The number of amides is 2. The number of fused-ring (bicyclic) bond motifs is 1. The van der Waals surface area contributed by atoms with Crippen molar-refractivity contribution in [3.05, 3.63) is 29.8 Å². The van der Waals surface area contributed by atoms with Gasteiger partial charge in [-0.1, -0.05) is 31.0 Å². The smallest absolute Gasteiger partial charge is 0.231 e. The predicted octanol–water partition coefficient (Wildman–Crippen LogP) is 2.26. The molecule has 0 aromatic heterocycles. The van der Waals surface area contributed by atoms with Crippen LogP contribution in [0.25, 0.3) is 0 Å². The van der Waals surface area contributed by atoms with Gasteiger partial charge in [-0.05, 0) is 37.8 Å². The SMILES string of the molecule is CC1Cc2ccccc2N1C(=O)C1CCCCC1C(N)=O. The lowest BCUT2D eigenvalue weighted by atomic mass is 9.78. The average molecular weight is 286 g/mol. The molecule has 1 aromatic rings. The number of rotatable bonds is 2. The normalized spacial score (nSPS) is 28.2. The van der Waals surface area contributed by atoms with E-state index in [0.717, 1.165) is 37.8 Å². The van der Waals surface area contributed by atoms with Crippen molar-refractivity contribution < 1.29 is 9.59 Å². The van der Waals surface area contributed by atoms with Crippen molar-refractivity contribution in [1.82, 2.24) is 0 Å². The van der Waals surface area contributed by atoms with E-state index < -0.39 is 0 Å². The molecule has 2 amide bonds. The molecule has 3 rings (SSSR count). The molecule has 1 heterocycles. The second-order valence-corrected chi connectivity index (χ2v) is 6.29. The van der Waals surface area contributed by atoms with E-state index in [4.69, 9.17) is 5.73 Å². The predicted molar refractivity (Wildman–Crippen MR) is 81.7 cm³/mol. The van der Waals surface area contributed by atoms with Crippen molar-refractivity contribution in [3.63, 3.8) is 0 Å². The molecule has 0 radical (unpaired) electrons. The summed E-state index contributed by atoms with van der Waals surface area (Å²) in [7, 11) is 0. The van der Waals surface area contributed by atoms with Gasteiger partial charge in [0.05, 0.1) is 5.92 Å². The summed E-state index contributed by atoms with van der Waals surface area (Å²) in [4.78, 5) is 26.6. The highest BCUT2D eigenvalue weighted by molar-refractivity contribution is 6.00. The molecular formula is C17H22N2O2. The lowest BCUT2D eigenvalue weighted by molar-refractivity contribution is -0.133. The summed E-state index contributed by atoms with van der Waals surface area (Å²) in [6, 6.07) is 8.20. The second kappa shape index (κ2) is 5.51. The van der Waals surface area contributed by atoms with E-state index in [1.54, 1.807) is 0 Å². The highest BCUT2D eigenvalue weighted by Gasteiger charge is 2.40. The van der Waals surface area contributed by atoms with Crippen LogP contribution in [-0.4, -0.2) is 17.9 Å². The van der Waals surface area contributed by atoms with E-state index in [-0.39, 0.29) is 29.7 Å². The van der Waals surface area contributed by atoms with E-state index in [0.29, 0.717) is 0 Å². The maximum Gasteiger partial charge on any atom is 0.231 e. The Morgan fingerprint density at radius 2 is 1.81 bits per heavy atom. The molecule has 1 fully saturated rings. The molecule has 2 aliphatic rings. The Balaban J connectivity index is 1.89. The first-order valence-electron chi connectivity index (χ1n) is 7.80. The summed E-state index contributed by atoms with van der Waals surface area (Å²) in [5.41, 5.74) is 7.73. The summed E-state index contributed by atoms with van der Waals surface area (Å²) < 4.78 is 0. The molecule has 4 nitrogen and oxygen atoms in total. The molecule has 1 aliphatic carbocycles. The van der Waals surface area contributed by atoms with Crippen molar-refractivity contribution in [2.45, 2.75) is 45.1 Å². The number of hydrogen-bond donors (Lipinski definition) is 1. The van der Waals surface area contributed by atoms with E-state index >= 15 is 0 Å². The Bertz CT molecular complexity index is 570. The molecule has 0 bridgehead atoms. The van der Waals surface area contributed by atoms with Crippen molar-refractivity contribution in [3.8, 4) is 0 Å². The van der Waals surface area contributed by atoms with Gasteiger partial charge in [0, 0.05) is 17.6 Å². The third kappa shape index (κ3) is 2.43. The van der Waals surface area contributed by atoms with Crippen LogP contribution >= 0.6 is 0 Å². The minimum atomic E-state index is -0.326. The van der Waals surface area contributed by atoms with Gasteiger partial charge < -0.3 is 10.6 Å². The van der Waals surface area contributed by atoms with Crippen LogP contribution in [0.3, 0.4) is 0 Å². The number of nitrogens with two attached hydrogens (primary N) is 1. The lowest BCUT2D eigenvalue weighted by Gasteiger charge is -2.33. The van der Waals surface area contributed by atoms with Crippen LogP contribution in [0.15, 0.2) is 24.3 Å². The van der Waals surface area contributed by atoms with Crippen LogP contribution in [0.5, 0.6) is 0 Å². The largest absolute Gasteiger partial charge is 0.369 e. The van der Waals surface area contributed by atoms with Gasteiger partial charge >= 0.3 is 0 Å². The van der Waals surface area contributed by atoms with Crippen molar-refractivity contribution in [2.24, 2.45) is 17.6 Å². The minimum Gasteiger partial charge on any atom is -0.369 e. The van der Waals surface area contributed by atoms with E-state index in [9.17, 15) is 9.59 Å². The zero-order valence-electron chi connectivity index (χ0n) is 12.4. The molecule has 3 atom stereocenters. The summed E-state index contributed by atoms with van der Waals surface area (Å²) in [5.74, 6) is -0.791. The van der Waals surface area contributed by atoms with Crippen LogP contribution in [0.4, 0.5) is 5.69 Å². The molecular weight excluding hydrogens is 264 g/mol. The Labute approximate surface area is 125 Å². The molecule has 0 spiro atoms. The molecule has 0 saturated heterocycles. The number of nitrogens with zero attached hydrogens (tertiary/aromatic N) is 1. The molecule has 1 aromatic carbocycles. The Morgan fingerprint density at radius 1 is 1.14 bits per heavy atom. The molecule has 1 aliphatic heterocycles. The van der Waals surface area contributed by atoms with Gasteiger partial charge in [-0.25, -0.2) is 0 Å². The van der Waals surface area contributed by atoms with E-state index in [1.165, 1.54) is 5.56 Å². The number of anilines is 1. The lowest BCUT2D eigenvalue weighted by Crippen LogP contribution is -2.46. The standard InChI is InChI=1S/C17H22N2O2/c1-11-10-12-6-2-5-9-15(12)19(11)17(21)14-8-4-3-7-13(14)16(18)20/h2,5-6,9,11,13-14H,3-4,7-8,10H2,1H3,(H2,18,20). The molecule has 21 heavy (non-hydrogen) atoms. The molecule has 3 unspecified atom stereocenters. The van der Waals surface area contributed by atoms with Crippen LogP contribution in [0.1, 0.15) is 38.2 Å². The molecule has 4 heteroatoms. The van der Waals surface area contributed by atoms with Crippen LogP contribution in [0.2, 0.25) is 0 Å². The molecule has 1 saturated carbocycles. The Hall–Kier alpha value is -1.84. The van der Waals surface area contributed by atoms with Gasteiger partial charge in [-0.15, -0.1) is 0 Å². The van der Waals surface area contributed by atoms with Gasteiger partial charge in [-0.3, -0.25) is 9.59 Å². The van der Waals surface area contributed by atoms with E-state index in [1.807, 2.05) is 23.1 Å². The number of carbonyl (C=O) groups excluding carboxylic acids is 2. The van der Waals surface area contributed by atoms with E-state index in [2.05, 4.69) is 13.0 Å². The van der Waals surface area contributed by atoms with Crippen molar-refractivity contribution in [1.29, 1.82) is 0 Å². The van der Waals surface area contributed by atoms with Gasteiger partial charge in [0.25, 0.3) is 0 Å². The third-order valence-electron chi connectivity index (χ3n) is 4.89. The number of hydrogen-bond acceptors (Lipinski definition) is 2. The highest BCUT2D eigenvalue weighted by Crippen LogP contribution is 2.37. The highest BCUT2D eigenvalue weighted by atomic mass is 16.2. The Morgan fingerprint density at radius 3 is 2.52 bits per heavy atom. The van der Waals surface area contributed by atoms with Gasteiger partial charge in [-0.2, -0.15) is 0 Å². The van der Waals surface area contributed by atoms with Crippen LogP contribution in [0, 0.1) is 11.8 Å². The van der Waals surface area contributed by atoms with Crippen LogP contribution < -0.4 is 10.6 Å². The second-order valence-electron chi connectivity index (χ2n) is 6.29. The first kappa shape index (κ1) is 14.1. The first-order valence-corrected chi connectivity index (χ1v) is 7.80. The summed E-state index contributed by atoms with van der Waals surface area (Å²) >= 11 is 0. The summed E-state index contributed by atoms with van der Waals surface area (Å²) in [6.45, 7) is 2.07. The average Bonchev–Trinajstić information content (AvgIpc) is 2.82. The third-order valence-corrected chi connectivity index (χ3v) is 4.89. The number of primary amides is 1. The van der Waals surface area contributed by atoms with Gasteiger partial charge in [0.1, 0.15) is 0 Å². The van der Waals surface area contributed by atoms with Gasteiger partial charge in [0.2, 0.25) is 11.8 Å². The monoisotopic (exact) mass is 286 g/mol. The molecule has 2 N–H and O–H groups in total. The minimum absolute atomic E-state index is 0.0796. The zero-order valence-corrected chi connectivity index (χ0v) is 12.4. The Kier molecular flexibility index (Phi) is 3.70. The summed E-state index contributed by atoms with van der Waals surface area (Å²) in [5, 5.41) is 0. The summed E-state index contributed by atoms with van der Waals surface area (Å²) in [6.07, 6.45) is 4.40. The van der Waals surface area contributed by atoms with Crippen molar-refractivity contribution >= 4 is 17.5 Å². The van der Waals surface area contributed by atoms with Crippen LogP contribution in [-0.2, 0) is 16.0 Å². The quantitative estimate of drug-likeness (QED) is 0.906. The van der Waals surface area contributed by atoms with Gasteiger partial charge in [0.15, 0.2) is 0 Å². The van der Waals surface area contributed by atoms with Crippen molar-refractivity contribution in [2.75, 3.05) is 4.90 Å². The topological polar surface area (TPSA) is 63.4 Å². The first-order chi connectivity index (χ1) is 10.1. The zero-order chi connectivity index (χ0) is 15.0. The molecule has 112 valence electrons. The number of carbonyl (C=O) groups is 2. The number of benzene rings is 1. The fourth-order valence-electron chi connectivity index (χ4n) is 3.85. The fourth-order valence-corrected chi connectivity index (χ4v) is 3.85.